The molecular weight excluding hydrogens is 404 g/mol. The Labute approximate surface area is 176 Å². The topological polar surface area (TPSA) is 90.5 Å². The molecule has 0 unspecified atom stereocenters. The van der Waals surface area contributed by atoms with Crippen molar-refractivity contribution in [1.82, 2.24) is 30.0 Å². The lowest BCUT2D eigenvalue weighted by Gasteiger charge is -2.10. The van der Waals surface area contributed by atoms with Gasteiger partial charge in [-0.05, 0) is 73.7 Å². The van der Waals surface area contributed by atoms with Crippen molar-refractivity contribution in [2.45, 2.75) is 27.2 Å². The van der Waals surface area contributed by atoms with Crippen molar-refractivity contribution in [2.24, 2.45) is 0 Å². The van der Waals surface area contributed by atoms with Crippen LogP contribution in [0.5, 0.6) is 0 Å². The molecule has 4 aromatic rings. The monoisotopic (exact) mass is 423 g/mol. The minimum absolute atomic E-state index is 0.00639. The van der Waals surface area contributed by atoms with Crippen molar-refractivity contribution in [2.75, 3.05) is 5.32 Å². The molecular formula is C21H19F2N7O. The second kappa shape index (κ2) is 8.05. The highest BCUT2D eigenvalue weighted by Gasteiger charge is 2.17. The summed E-state index contributed by atoms with van der Waals surface area (Å²) in [6.45, 7) is 5.33. The first-order chi connectivity index (χ1) is 14.8. The Morgan fingerprint density at radius 2 is 1.71 bits per heavy atom. The molecule has 2 heterocycles. The molecule has 0 saturated carbocycles. The van der Waals surface area contributed by atoms with Gasteiger partial charge in [0.1, 0.15) is 11.6 Å². The molecule has 0 fully saturated rings. The zero-order valence-corrected chi connectivity index (χ0v) is 17.1. The van der Waals surface area contributed by atoms with Crippen LogP contribution < -0.4 is 5.32 Å². The Kier molecular flexibility index (Phi) is 5.28. The standard InChI is InChI=1S/C21H19F2N7O/c1-12-18(13(2)29(26-12)16-6-4-15(22)5-7-16)11-21(31)24-20-10-17(8-9-19(20)23)30-14(3)25-27-28-30/h4-10H,11H2,1-3H3,(H,24,31). The molecule has 0 spiro atoms. The smallest absolute Gasteiger partial charge is 0.229 e. The third-order valence-electron chi connectivity index (χ3n) is 4.94. The lowest BCUT2D eigenvalue weighted by molar-refractivity contribution is -0.115. The van der Waals surface area contributed by atoms with Gasteiger partial charge >= 0.3 is 0 Å². The number of hydrogen-bond acceptors (Lipinski definition) is 5. The molecule has 1 amide bonds. The number of nitrogens with zero attached hydrogens (tertiary/aromatic N) is 6. The van der Waals surface area contributed by atoms with Gasteiger partial charge in [0.25, 0.3) is 0 Å². The molecule has 1 N–H and O–H groups in total. The van der Waals surface area contributed by atoms with E-state index in [1.807, 2.05) is 6.92 Å². The number of carbonyl (C=O) groups is 1. The average Bonchev–Trinajstić information content (AvgIpc) is 3.28. The van der Waals surface area contributed by atoms with Crippen LogP contribution in [0.3, 0.4) is 0 Å². The molecule has 2 aromatic heterocycles. The zero-order valence-electron chi connectivity index (χ0n) is 17.1. The molecule has 0 bridgehead atoms. The van der Waals surface area contributed by atoms with Crippen LogP contribution in [0.4, 0.5) is 14.5 Å². The summed E-state index contributed by atoms with van der Waals surface area (Å²) >= 11 is 0. The van der Waals surface area contributed by atoms with E-state index in [-0.39, 0.29) is 17.9 Å². The number of benzene rings is 2. The summed E-state index contributed by atoms with van der Waals surface area (Å²) in [5, 5.41) is 18.3. The third kappa shape index (κ3) is 4.04. The summed E-state index contributed by atoms with van der Waals surface area (Å²) in [6, 6.07) is 10.2. The maximum absolute atomic E-state index is 14.3. The molecule has 0 aliphatic heterocycles. The maximum Gasteiger partial charge on any atom is 0.229 e. The molecule has 0 atom stereocenters. The highest BCUT2D eigenvalue weighted by molar-refractivity contribution is 5.93. The number of aromatic nitrogens is 6. The summed E-state index contributed by atoms with van der Waals surface area (Å²) < 4.78 is 30.6. The van der Waals surface area contributed by atoms with Crippen molar-refractivity contribution in [3.8, 4) is 11.4 Å². The molecule has 10 heteroatoms. The summed E-state index contributed by atoms with van der Waals surface area (Å²) in [5.74, 6) is -0.776. The van der Waals surface area contributed by atoms with Crippen LogP contribution >= 0.6 is 0 Å². The Morgan fingerprint density at radius 3 is 2.39 bits per heavy atom. The molecule has 158 valence electrons. The van der Waals surface area contributed by atoms with E-state index < -0.39 is 11.7 Å². The van der Waals surface area contributed by atoms with E-state index in [2.05, 4.69) is 25.9 Å². The molecule has 0 aliphatic carbocycles. The van der Waals surface area contributed by atoms with Gasteiger partial charge in [0, 0.05) is 11.3 Å². The molecule has 31 heavy (non-hydrogen) atoms. The number of tetrazole rings is 1. The van der Waals surface area contributed by atoms with Gasteiger partial charge < -0.3 is 5.32 Å². The summed E-state index contributed by atoms with van der Waals surface area (Å²) in [6.07, 6.45) is 0.00639. The van der Waals surface area contributed by atoms with Crippen LogP contribution in [0, 0.1) is 32.4 Å². The van der Waals surface area contributed by atoms with Crippen LogP contribution in [0.15, 0.2) is 42.5 Å². The van der Waals surface area contributed by atoms with E-state index in [4.69, 9.17) is 0 Å². The van der Waals surface area contributed by atoms with E-state index in [0.29, 0.717) is 22.9 Å². The molecule has 2 aromatic carbocycles. The minimum atomic E-state index is -0.571. The van der Waals surface area contributed by atoms with Crippen molar-refractivity contribution in [3.63, 3.8) is 0 Å². The van der Waals surface area contributed by atoms with Crippen molar-refractivity contribution in [3.05, 3.63) is 76.9 Å². The number of aryl methyl sites for hydroxylation is 2. The molecule has 8 nitrogen and oxygen atoms in total. The van der Waals surface area contributed by atoms with E-state index >= 15 is 0 Å². The minimum Gasteiger partial charge on any atom is -0.323 e. The second-order valence-electron chi connectivity index (χ2n) is 7.06. The van der Waals surface area contributed by atoms with Gasteiger partial charge in [-0.2, -0.15) is 9.78 Å². The largest absolute Gasteiger partial charge is 0.323 e. The maximum atomic E-state index is 14.3. The lowest BCUT2D eigenvalue weighted by Crippen LogP contribution is -2.16. The fourth-order valence-corrected chi connectivity index (χ4v) is 3.33. The Hall–Kier alpha value is -3.95. The molecule has 0 aliphatic rings. The highest BCUT2D eigenvalue weighted by Crippen LogP contribution is 2.22. The van der Waals surface area contributed by atoms with E-state index in [9.17, 15) is 13.6 Å². The van der Waals surface area contributed by atoms with Gasteiger partial charge in [0.05, 0.1) is 29.2 Å². The average molecular weight is 423 g/mol. The quantitative estimate of drug-likeness (QED) is 0.532. The normalized spacial score (nSPS) is 11.0. The van der Waals surface area contributed by atoms with Gasteiger partial charge in [-0.25, -0.2) is 13.5 Å². The fourth-order valence-electron chi connectivity index (χ4n) is 3.33. The van der Waals surface area contributed by atoms with Crippen molar-refractivity contribution < 1.29 is 13.6 Å². The molecule has 4 rings (SSSR count). The Bertz CT molecular complexity index is 1260. The van der Waals surface area contributed by atoms with Gasteiger partial charge in [-0.3, -0.25) is 4.79 Å². The number of nitrogens with one attached hydrogen (secondary N) is 1. The van der Waals surface area contributed by atoms with E-state index in [1.165, 1.54) is 35.0 Å². The lowest BCUT2D eigenvalue weighted by atomic mass is 10.1. The summed E-state index contributed by atoms with van der Waals surface area (Å²) in [4.78, 5) is 12.7. The number of rotatable bonds is 5. The van der Waals surface area contributed by atoms with Crippen molar-refractivity contribution >= 4 is 11.6 Å². The SMILES string of the molecule is Cc1nn(-c2ccc(F)cc2)c(C)c1CC(=O)Nc1cc(-n2nnnc2C)ccc1F. The fraction of sp³-hybridized carbons (Fsp3) is 0.190. The number of hydrogen-bond donors (Lipinski definition) is 1. The Morgan fingerprint density at radius 1 is 1.00 bits per heavy atom. The first-order valence-corrected chi connectivity index (χ1v) is 9.49. The zero-order chi connectivity index (χ0) is 22.1. The highest BCUT2D eigenvalue weighted by atomic mass is 19.1. The molecule has 0 saturated heterocycles. The van der Waals surface area contributed by atoms with Crippen LogP contribution in [0.1, 0.15) is 22.8 Å². The van der Waals surface area contributed by atoms with Gasteiger partial charge in [0.2, 0.25) is 5.91 Å². The first-order valence-electron chi connectivity index (χ1n) is 9.49. The van der Waals surface area contributed by atoms with Crippen LogP contribution in [-0.4, -0.2) is 35.9 Å². The predicted molar refractivity (Wildman–Crippen MR) is 109 cm³/mol. The van der Waals surface area contributed by atoms with Crippen LogP contribution in [0.25, 0.3) is 11.4 Å². The van der Waals surface area contributed by atoms with Crippen LogP contribution in [0.2, 0.25) is 0 Å². The Balaban J connectivity index is 1.56. The van der Waals surface area contributed by atoms with Gasteiger partial charge in [0.15, 0.2) is 5.82 Å². The van der Waals surface area contributed by atoms with E-state index in [1.54, 1.807) is 30.7 Å². The summed E-state index contributed by atoms with van der Waals surface area (Å²) in [5.41, 5.74) is 3.36. The van der Waals surface area contributed by atoms with E-state index in [0.717, 1.165) is 11.3 Å². The predicted octanol–water partition coefficient (Wildman–Crippen LogP) is 3.23. The number of carbonyl (C=O) groups excluding carboxylic acids is 1. The first kappa shape index (κ1) is 20.3. The van der Waals surface area contributed by atoms with Crippen molar-refractivity contribution in [1.29, 1.82) is 0 Å². The molecule has 0 radical (unpaired) electrons. The van der Waals surface area contributed by atoms with Gasteiger partial charge in [-0.1, -0.05) is 0 Å². The number of amides is 1. The second-order valence-corrected chi connectivity index (χ2v) is 7.06. The van der Waals surface area contributed by atoms with Crippen LogP contribution in [-0.2, 0) is 11.2 Å². The number of anilines is 1. The summed E-state index contributed by atoms with van der Waals surface area (Å²) in [7, 11) is 0. The third-order valence-corrected chi connectivity index (χ3v) is 4.94. The van der Waals surface area contributed by atoms with Gasteiger partial charge in [-0.15, -0.1) is 5.10 Å². The number of halogens is 2.